The molecule has 0 atom stereocenters. The fourth-order valence-electron chi connectivity index (χ4n) is 1.86. The van der Waals surface area contributed by atoms with Gasteiger partial charge in [0.1, 0.15) is 11.6 Å². The Morgan fingerprint density at radius 3 is 2.23 bits per heavy atom. The maximum absolute atomic E-state index is 12.5. The Hall–Kier alpha value is -1.73. The summed E-state index contributed by atoms with van der Waals surface area (Å²) in [5, 5.41) is 9.74. The molecule has 110 valence electrons. The minimum atomic E-state index is -0.480. The van der Waals surface area contributed by atoms with Crippen molar-refractivity contribution in [2.75, 3.05) is 6.26 Å². The van der Waals surface area contributed by atoms with Crippen LogP contribution in [0.15, 0.2) is 52.9 Å². The van der Waals surface area contributed by atoms with E-state index in [0.29, 0.717) is 0 Å². The van der Waals surface area contributed by atoms with E-state index in [1.54, 1.807) is 30.0 Å². The number of ketones is 1. The van der Waals surface area contributed by atoms with Gasteiger partial charge in [-0.05, 0) is 42.2 Å². The van der Waals surface area contributed by atoms with Gasteiger partial charge in [-0.25, -0.2) is 0 Å². The zero-order valence-electron chi connectivity index (χ0n) is 11.6. The van der Waals surface area contributed by atoms with Crippen molar-refractivity contribution in [2.24, 2.45) is 0 Å². The molecule has 0 amide bonds. The highest BCUT2D eigenvalue weighted by atomic mass is 35.5. The number of carbonyl (C=O) groups excluding carboxylic acids is 1. The number of nitrogens with zero attached hydrogens (tertiary/aromatic N) is 1. The van der Waals surface area contributed by atoms with Crippen LogP contribution in [-0.4, -0.2) is 12.0 Å². The Bertz CT molecular complexity index is 756. The van der Waals surface area contributed by atoms with E-state index in [1.165, 1.54) is 6.08 Å². The molecule has 2 nitrogen and oxygen atoms in total. The van der Waals surface area contributed by atoms with E-state index in [2.05, 4.69) is 0 Å². The van der Waals surface area contributed by atoms with Crippen LogP contribution in [0.25, 0.3) is 6.08 Å². The van der Waals surface area contributed by atoms with E-state index in [1.807, 2.05) is 36.6 Å². The SMILES string of the molecule is CSc1ccc(/C=C(\C#N)C(=O)c2c(Cl)cccc2Cl)cc1. The average molecular weight is 348 g/mol. The van der Waals surface area contributed by atoms with Gasteiger partial charge in [-0.15, -0.1) is 11.8 Å². The second-order valence-electron chi connectivity index (χ2n) is 4.37. The molecule has 0 aromatic heterocycles. The predicted molar refractivity (Wildman–Crippen MR) is 92.6 cm³/mol. The van der Waals surface area contributed by atoms with Crippen LogP contribution in [0.2, 0.25) is 10.0 Å². The highest BCUT2D eigenvalue weighted by Crippen LogP contribution is 2.27. The van der Waals surface area contributed by atoms with Crippen LogP contribution in [0.3, 0.4) is 0 Å². The lowest BCUT2D eigenvalue weighted by atomic mass is 10.0. The first-order valence-electron chi connectivity index (χ1n) is 6.31. The number of halogens is 2. The third kappa shape index (κ3) is 3.72. The highest BCUT2D eigenvalue weighted by Gasteiger charge is 2.18. The average Bonchev–Trinajstić information content (AvgIpc) is 2.52. The van der Waals surface area contributed by atoms with E-state index in [0.717, 1.165) is 10.5 Å². The Balaban J connectivity index is 2.41. The van der Waals surface area contributed by atoms with Crippen LogP contribution in [-0.2, 0) is 0 Å². The molecule has 2 aromatic carbocycles. The molecule has 22 heavy (non-hydrogen) atoms. The van der Waals surface area contributed by atoms with Crippen molar-refractivity contribution < 1.29 is 4.79 Å². The molecule has 0 aliphatic rings. The molecule has 0 heterocycles. The van der Waals surface area contributed by atoms with Gasteiger partial charge in [0.25, 0.3) is 0 Å². The zero-order chi connectivity index (χ0) is 16.1. The number of nitriles is 1. The quantitative estimate of drug-likeness (QED) is 0.317. The third-order valence-corrected chi connectivity index (χ3v) is 4.36. The summed E-state index contributed by atoms with van der Waals surface area (Å²) in [7, 11) is 0. The minimum Gasteiger partial charge on any atom is -0.288 e. The summed E-state index contributed by atoms with van der Waals surface area (Å²) in [6.07, 6.45) is 3.51. The Morgan fingerprint density at radius 1 is 1.14 bits per heavy atom. The molecular weight excluding hydrogens is 337 g/mol. The normalized spacial score (nSPS) is 11.1. The molecule has 0 radical (unpaired) electrons. The van der Waals surface area contributed by atoms with E-state index >= 15 is 0 Å². The minimum absolute atomic E-state index is 0.00750. The summed E-state index contributed by atoms with van der Waals surface area (Å²) in [5.74, 6) is -0.480. The number of Topliss-reactive ketones (excluding diaryl/α,β-unsaturated/α-hetero) is 1. The maximum Gasteiger partial charge on any atom is 0.206 e. The first kappa shape index (κ1) is 16.6. The molecule has 0 bridgehead atoms. The van der Waals surface area contributed by atoms with Crippen molar-refractivity contribution >= 4 is 46.8 Å². The monoisotopic (exact) mass is 347 g/mol. The molecule has 0 aliphatic heterocycles. The van der Waals surface area contributed by atoms with Crippen molar-refractivity contribution in [3.63, 3.8) is 0 Å². The van der Waals surface area contributed by atoms with Crippen molar-refractivity contribution in [3.8, 4) is 6.07 Å². The predicted octanol–water partition coefficient (Wildman–Crippen LogP) is 5.51. The number of allylic oxidation sites excluding steroid dienone is 1. The van der Waals surface area contributed by atoms with Gasteiger partial charge in [0.2, 0.25) is 5.78 Å². The van der Waals surface area contributed by atoms with Crippen LogP contribution in [0.1, 0.15) is 15.9 Å². The van der Waals surface area contributed by atoms with Crippen LogP contribution >= 0.6 is 35.0 Å². The van der Waals surface area contributed by atoms with E-state index in [4.69, 9.17) is 23.2 Å². The molecule has 0 unspecified atom stereocenters. The summed E-state index contributed by atoms with van der Waals surface area (Å²) in [6.45, 7) is 0. The topological polar surface area (TPSA) is 40.9 Å². The summed E-state index contributed by atoms with van der Waals surface area (Å²) in [5.41, 5.74) is 0.914. The standard InChI is InChI=1S/C17H11Cl2NOS/c1-22-13-7-5-11(6-8-13)9-12(10-20)17(21)16-14(18)3-2-4-15(16)19/h2-9H,1H3/b12-9+. The van der Waals surface area contributed by atoms with Gasteiger partial charge in [0, 0.05) is 4.90 Å². The van der Waals surface area contributed by atoms with E-state index in [-0.39, 0.29) is 21.2 Å². The summed E-state index contributed by atoms with van der Waals surface area (Å²) in [4.78, 5) is 13.6. The van der Waals surface area contributed by atoms with Crippen LogP contribution in [0.5, 0.6) is 0 Å². The Kier molecular flexibility index (Phi) is 5.68. The molecule has 0 saturated heterocycles. The highest BCUT2D eigenvalue weighted by molar-refractivity contribution is 7.98. The van der Waals surface area contributed by atoms with Gasteiger partial charge < -0.3 is 0 Å². The van der Waals surface area contributed by atoms with E-state index in [9.17, 15) is 10.1 Å². The van der Waals surface area contributed by atoms with Gasteiger partial charge in [-0.3, -0.25) is 4.79 Å². The van der Waals surface area contributed by atoms with Crippen molar-refractivity contribution in [1.29, 1.82) is 5.26 Å². The zero-order valence-corrected chi connectivity index (χ0v) is 14.0. The lowest BCUT2D eigenvalue weighted by Gasteiger charge is -2.05. The number of thioether (sulfide) groups is 1. The molecule has 0 fully saturated rings. The number of carbonyl (C=O) groups is 1. The second-order valence-corrected chi connectivity index (χ2v) is 6.06. The van der Waals surface area contributed by atoms with Crippen LogP contribution < -0.4 is 0 Å². The van der Waals surface area contributed by atoms with Gasteiger partial charge in [0.15, 0.2) is 0 Å². The maximum atomic E-state index is 12.5. The smallest absolute Gasteiger partial charge is 0.206 e. The fourth-order valence-corrected chi connectivity index (χ4v) is 2.84. The van der Waals surface area contributed by atoms with Gasteiger partial charge >= 0.3 is 0 Å². The fraction of sp³-hybridized carbons (Fsp3) is 0.0588. The van der Waals surface area contributed by atoms with Crippen molar-refractivity contribution in [1.82, 2.24) is 0 Å². The Labute approximate surface area is 143 Å². The molecule has 2 rings (SSSR count). The summed E-state index contributed by atoms with van der Waals surface area (Å²) in [6, 6.07) is 14.3. The molecule has 0 aliphatic carbocycles. The number of hydrogen-bond donors (Lipinski definition) is 0. The Morgan fingerprint density at radius 2 is 1.73 bits per heavy atom. The summed E-state index contributed by atoms with van der Waals surface area (Å²) < 4.78 is 0. The molecule has 5 heteroatoms. The number of hydrogen-bond acceptors (Lipinski definition) is 3. The number of rotatable bonds is 4. The second kappa shape index (κ2) is 7.51. The van der Waals surface area contributed by atoms with E-state index < -0.39 is 5.78 Å². The summed E-state index contributed by atoms with van der Waals surface area (Å²) >= 11 is 13.7. The molecule has 0 spiro atoms. The molecule has 0 saturated carbocycles. The van der Waals surface area contributed by atoms with Crippen molar-refractivity contribution in [2.45, 2.75) is 4.90 Å². The van der Waals surface area contributed by atoms with Crippen LogP contribution in [0, 0.1) is 11.3 Å². The lowest BCUT2D eigenvalue weighted by Crippen LogP contribution is -2.04. The van der Waals surface area contributed by atoms with Gasteiger partial charge in [0.05, 0.1) is 15.6 Å². The third-order valence-electron chi connectivity index (χ3n) is 2.98. The molecule has 0 N–H and O–H groups in total. The lowest BCUT2D eigenvalue weighted by molar-refractivity contribution is 0.104. The first-order chi connectivity index (χ1) is 10.6. The largest absolute Gasteiger partial charge is 0.288 e. The molecule has 2 aromatic rings. The first-order valence-corrected chi connectivity index (χ1v) is 8.29. The number of benzene rings is 2. The van der Waals surface area contributed by atoms with Gasteiger partial charge in [-0.1, -0.05) is 41.4 Å². The van der Waals surface area contributed by atoms with Gasteiger partial charge in [-0.2, -0.15) is 5.26 Å². The van der Waals surface area contributed by atoms with Crippen molar-refractivity contribution in [3.05, 3.63) is 69.2 Å². The molecular formula is C17H11Cl2NOS. The van der Waals surface area contributed by atoms with Crippen LogP contribution in [0.4, 0.5) is 0 Å².